The molecule has 0 amide bonds. The van der Waals surface area contributed by atoms with E-state index < -0.39 is 6.10 Å². The van der Waals surface area contributed by atoms with Crippen LogP contribution in [0.25, 0.3) is 0 Å². The zero-order valence-corrected chi connectivity index (χ0v) is 14.5. The Morgan fingerprint density at radius 3 is 3.00 bits per heavy atom. The molecular formula is C20H23NO4. The summed E-state index contributed by atoms with van der Waals surface area (Å²) in [5.74, 6) is 0.985. The summed E-state index contributed by atoms with van der Waals surface area (Å²) in [6.07, 6.45) is 5.04. The molecule has 1 aromatic rings. The molecule has 1 fully saturated rings. The predicted octanol–water partition coefficient (Wildman–Crippen LogP) is 1.33. The number of aliphatic hydroxyl groups is 1. The first kappa shape index (κ1) is 15.4. The Morgan fingerprint density at radius 2 is 2.24 bits per heavy atom. The molecule has 5 rings (SSSR count). The summed E-state index contributed by atoms with van der Waals surface area (Å²) in [4.78, 5) is 14.2. The van der Waals surface area contributed by atoms with Crippen LogP contribution in [0.15, 0.2) is 18.2 Å². The zero-order valence-electron chi connectivity index (χ0n) is 14.5. The van der Waals surface area contributed by atoms with Crippen LogP contribution in [-0.4, -0.2) is 52.7 Å². The van der Waals surface area contributed by atoms with Gasteiger partial charge in [0.05, 0.1) is 0 Å². The van der Waals surface area contributed by atoms with Gasteiger partial charge in [0, 0.05) is 29.4 Å². The van der Waals surface area contributed by atoms with Gasteiger partial charge in [-0.3, -0.25) is 4.79 Å². The van der Waals surface area contributed by atoms with E-state index in [0.29, 0.717) is 18.2 Å². The monoisotopic (exact) mass is 341 g/mol. The van der Waals surface area contributed by atoms with Crippen LogP contribution in [0, 0.1) is 5.92 Å². The first-order valence-corrected chi connectivity index (χ1v) is 9.04. The standard InChI is InChI=1S/C20H23NO4/c1-10(22)7-11-8-16(24)18-17-12(11)9-14-13-3-4-15(23)19(25-18)20(13,17)5-6-21(14)2/h3-4,8,13-15,19,23-24H,5-7,9H2,1-2H3/t13-,14+,15-,19-,20-/m0/s1. The van der Waals surface area contributed by atoms with Gasteiger partial charge in [0.25, 0.3) is 0 Å². The molecular weight excluding hydrogens is 318 g/mol. The number of nitrogens with zero attached hydrogens (tertiary/aromatic N) is 1. The number of aromatic hydroxyl groups is 1. The molecule has 0 aromatic heterocycles. The van der Waals surface area contributed by atoms with Crippen LogP contribution in [0.4, 0.5) is 0 Å². The van der Waals surface area contributed by atoms with Gasteiger partial charge >= 0.3 is 0 Å². The number of ketones is 1. The van der Waals surface area contributed by atoms with Gasteiger partial charge in [-0.25, -0.2) is 0 Å². The van der Waals surface area contributed by atoms with E-state index in [2.05, 4.69) is 18.0 Å². The Morgan fingerprint density at radius 1 is 1.44 bits per heavy atom. The number of likely N-dealkylation sites (N-methyl/N-ethyl adjacent to an activating group) is 1. The molecule has 5 nitrogen and oxygen atoms in total. The molecule has 2 aliphatic heterocycles. The van der Waals surface area contributed by atoms with Crippen molar-refractivity contribution in [1.82, 2.24) is 4.90 Å². The van der Waals surface area contributed by atoms with Gasteiger partial charge in [-0.15, -0.1) is 0 Å². The van der Waals surface area contributed by atoms with Gasteiger partial charge in [-0.05, 0) is 50.6 Å². The highest BCUT2D eigenvalue weighted by Crippen LogP contribution is 2.62. The lowest BCUT2D eigenvalue weighted by molar-refractivity contribution is -0.116. The maximum Gasteiger partial charge on any atom is 0.165 e. The fourth-order valence-corrected chi connectivity index (χ4v) is 5.82. The van der Waals surface area contributed by atoms with Crippen molar-refractivity contribution >= 4 is 5.78 Å². The minimum atomic E-state index is -0.672. The van der Waals surface area contributed by atoms with Gasteiger partial charge in [0.1, 0.15) is 18.0 Å². The van der Waals surface area contributed by atoms with Crippen LogP contribution in [0.3, 0.4) is 0 Å². The third kappa shape index (κ3) is 1.78. The van der Waals surface area contributed by atoms with E-state index in [1.165, 1.54) is 0 Å². The lowest BCUT2D eigenvalue weighted by atomic mass is 9.53. The molecule has 1 spiro atoms. The van der Waals surface area contributed by atoms with Crippen LogP contribution >= 0.6 is 0 Å². The number of hydrogen-bond donors (Lipinski definition) is 2. The number of hydrogen-bond acceptors (Lipinski definition) is 5. The van der Waals surface area contributed by atoms with Gasteiger partial charge in [-0.1, -0.05) is 12.2 Å². The van der Waals surface area contributed by atoms with Crippen molar-refractivity contribution in [3.8, 4) is 11.5 Å². The number of aliphatic hydroxyl groups excluding tert-OH is 1. The smallest absolute Gasteiger partial charge is 0.165 e. The molecule has 2 aliphatic carbocycles. The first-order valence-electron chi connectivity index (χ1n) is 9.04. The molecule has 2 bridgehead atoms. The lowest BCUT2D eigenvalue weighted by Crippen LogP contribution is -2.64. The number of piperidine rings is 1. The second-order valence-corrected chi connectivity index (χ2v) is 8.10. The van der Waals surface area contributed by atoms with Crippen molar-refractivity contribution in [1.29, 1.82) is 0 Å². The van der Waals surface area contributed by atoms with Crippen LogP contribution in [0.1, 0.15) is 30.0 Å². The van der Waals surface area contributed by atoms with Gasteiger partial charge < -0.3 is 19.8 Å². The largest absolute Gasteiger partial charge is 0.504 e. The molecule has 0 unspecified atom stereocenters. The summed E-state index contributed by atoms with van der Waals surface area (Å²) >= 11 is 0. The van der Waals surface area contributed by atoms with E-state index in [1.54, 1.807) is 13.0 Å². The minimum absolute atomic E-state index is 0.0905. The number of carbonyl (C=O) groups excluding carboxylic acids is 1. The highest BCUT2D eigenvalue weighted by Gasteiger charge is 2.64. The van der Waals surface area contributed by atoms with E-state index >= 15 is 0 Å². The maximum atomic E-state index is 11.8. The van der Waals surface area contributed by atoms with Crippen molar-refractivity contribution in [2.24, 2.45) is 5.92 Å². The molecule has 2 heterocycles. The molecule has 1 saturated heterocycles. The molecule has 1 aromatic carbocycles. The molecule has 5 heteroatoms. The lowest BCUT2D eigenvalue weighted by Gasteiger charge is -2.56. The quantitative estimate of drug-likeness (QED) is 0.794. The number of rotatable bonds is 2. The number of phenols is 1. The van der Waals surface area contributed by atoms with Crippen molar-refractivity contribution in [2.75, 3.05) is 13.6 Å². The number of ether oxygens (including phenoxy) is 1. The van der Waals surface area contributed by atoms with Gasteiger partial charge in [0.2, 0.25) is 0 Å². The summed E-state index contributed by atoms with van der Waals surface area (Å²) in [5.41, 5.74) is 2.83. The van der Waals surface area contributed by atoms with E-state index in [-0.39, 0.29) is 29.0 Å². The van der Waals surface area contributed by atoms with Crippen molar-refractivity contribution in [3.05, 3.63) is 34.9 Å². The second-order valence-electron chi connectivity index (χ2n) is 8.10. The third-order valence-corrected chi connectivity index (χ3v) is 6.81. The van der Waals surface area contributed by atoms with E-state index in [9.17, 15) is 15.0 Å². The molecule has 2 N–H and O–H groups in total. The van der Waals surface area contributed by atoms with Crippen LogP contribution in [-0.2, 0) is 23.1 Å². The Kier molecular flexibility index (Phi) is 3.00. The predicted molar refractivity (Wildman–Crippen MR) is 92.0 cm³/mol. The molecule has 0 saturated carbocycles. The molecule has 132 valence electrons. The van der Waals surface area contributed by atoms with E-state index in [0.717, 1.165) is 36.1 Å². The number of carbonyl (C=O) groups is 1. The van der Waals surface area contributed by atoms with E-state index in [1.807, 2.05) is 6.08 Å². The van der Waals surface area contributed by atoms with Crippen LogP contribution in [0.5, 0.6) is 11.5 Å². The summed E-state index contributed by atoms with van der Waals surface area (Å²) in [6.45, 7) is 2.53. The molecule has 4 aliphatic rings. The molecule has 25 heavy (non-hydrogen) atoms. The summed E-state index contributed by atoms with van der Waals surface area (Å²) in [7, 11) is 2.15. The Balaban J connectivity index is 1.81. The zero-order chi connectivity index (χ0) is 17.5. The van der Waals surface area contributed by atoms with Gasteiger partial charge in [0.15, 0.2) is 11.5 Å². The number of likely N-dealkylation sites (tertiary alicyclic amines) is 1. The second kappa shape index (κ2) is 4.86. The van der Waals surface area contributed by atoms with Crippen LogP contribution in [0.2, 0.25) is 0 Å². The van der Waals surface area contributed by atoms with Crippen molar-refractivity contribution in [2.45, 2.75) is 49.9 Å². The normalized spacial score (nSPS) is 37.6. The summed E-state index contributed by atoms with van der Waals surface area (Å²) in [5, 5.41) is 21.2. The van der Waals surface area contributed by atoms with Crippen LogP contribution < -0.4 is 4.74 Å². The fourth-order valence-electron chi connectivity index (χ4n) is 5.82. The summed E-state index contributed by atoms with van der Waals surface area (Å²) in [6, 6.07) is 2.02. The SMILES string of the molecule is CC(=O)Cc1cc(O)c2c3c1C[C@@H]1[C@@H]4C=C[C@H](O)[C@H](O2)[C@]34CCN1C. The summed E-state index contributed by atoms with van der Waals surface area (Å²) < 4.78 is 6.16. The van der Waals surface area contributed by atoms with Crippen molar-refractivity contribution in [3.63, 3.8) is 0 Å². The first-order chi connectivity index (χ1) is 11.9. The number of Topliss-reactive ketones (excluding diaryl/α,β-unsaturated/α-hetero) is 1. The third-order valence-electron chi connectivity index (χ3n) is 6.81. The topological polar surface area (TPSA) is 70.0 Å². The highest BCUT2D eigenvalue weighted by molar-refractivity contribution is 5.80. The Labute approximate surface area is 146 Å². The highest BCUT2D eigenvalue weighted by atomic mass is 16.5. The fraction of sp³-hybridized carbons (Fsp3) is 0.550. The van der Waals surface area contributed by atoms with Gasteiger partial charge in [-0.2, -0.15) is 0 Å². The van der Waals surface area contributed by atoms with Crippen molar-refractivity contribution < 1.29 is 19.7 Å². The number of phenolic OH excluding ortho intramolecular Hbond substituents is 1. The average Bonchev–Trinajstić information content (AvgIpc) is 2.90. The minimum Gasteiger partial charge on any atom is -0.504 e. The Hall–Kier alpha value is -1.85. The number of benzene rings is 1. The average molecular weight is 341 g/mol. The molecule has 5 atom stereocenters. The Bertz CT molecular complexity index is 816. The van der Waals surface area contributed by atoms with E-state index in [4.69, 9.17) is 4.74 Å². The maximum absolute atomic E-state index is 11.8. The molecule has 0 radical (unpaired) electrons.